The van der Waals surface area contributed by atoms with Gasteiger partial charge in [-0.25, -0.2) is 4.98 Å². The number of hydrogen-bond donors (Lipinski definition) is 1. The molecule has 8 heteroatoms. The molecule has 0 saturated carbocycles. The fourth-order valence-electron chi connectivity index (χ4n) is 6.72. The molecule has 1 N–H and O–H groups in total. The molecule has 0 aliphatic carbocycles. The molecule has 0 radical (unpaired) electrons. The van der Waals surface area contributed by atoms with Crippen molar-refractivity contribution in [2.75, 3.05) is 0 Å². The molecule has 7 rings (SSSR count). The summed E-state index contributed by atoms with van der Waals surface area (Å²) in [6.45, 7) is 2.48. The minimum absolute atomic E-state index is 0.185. The number of imidazole rings is 1. The smallest absolute Gasteiger partial charge is 0.205 e. The maximum Gasteiger partial charge on any atom is 0.205 e. The van der Waals surface area contributed by atoms with Gasteiger partial charge in [-0.15, -0.1) is 15.0 Å². The second-order valence-electron chi connectivity index (χ2n) is 12.0. The van der Waals surface area contributed by atoms with E-state index in [1.165, 1.54) is 0 Å². The maximum atomic E-state index is 10.2. The van der Waals surface area contributed by atoms with Crippen LogP contribution in [0, 0.1) is 0 Å². The van der Waals surface area contributed by atoms with Gasteiger partial charge in [-0.3, -0.25) is 0 Å². The molecule has 2 aromatic heterocycles. The van der Waals surface area contributed by atoms with E-state index in [1.54, 1.807) is 4.80 Å². The van der Waals surface area contributed by atoms with Crippen LogP contribution in [0.15, 0.2) is 140 Å². The summed E-state index contributed by atoms with van der Waals surface area (Å²) in [5.41, 5.74) is 6.75. The van der Waals surface area contributed by atoms with Gasteiger partial charge in [0.1, 0.15) is 5.82 Å². The molecule has 5 aromatic carbocycles. The number of aliphatic hydroxyl groups is 1. The number of unbranched alkanes of at least 4 members (excludes halogenated alkanes) is 1. The van der Waals surface area contributed by atoms with E-state index in [0.29, 0.717) is 23.2 Å². The second kappa shape index (κ2) is 14.4. The first-order valence-corrected chi connectivity index (χ1v) is 17.0. The molecule has 0 aliphatic rings. The third-order valence-corrected chi connectivity index (χ3v) is 9.40. The molecule has 7 aromatic rings. The van der Waals surface area contributed by atoms with Gasteiger partial charge >= 0.3 is 0 Å². The van der Waals surface area contributed by atoms with Crippen LogP contribution in [0.25, 0.3) is 22.5 Å². The Labute approximate surface area is 291 Å². The van der Waals surface area contributed by atoms with Gasteiger partial charge in [0.05, 0.1) is 12.3 Å². The summed E-state index contributed by atoms with van der Waals surface area (Å²) < 4.78 is 2.06. The number of nitrogens with zero attached hydrogens (tertiary/aromatic N) is 6. The second-order valence-corrected chi connectivity index (χ2v) is 12.4. The summed E-state index contributed by atoms with van der Waals surface area (Å²) in [6, 6.07) is 47.5. The Morgan fingerprint density at radius 3 is 1.78 bits per heavy atom. The van der Waals surface area contributed by atoms with Crippen LogP contribution < -0.4 is 0 Å². The molecular formula is C41H37ClN6O. The first-order valence-electron chi connectivity index (χ1n) is 16.6. The lowest BCUT2D eigenvalue weighted by atomic mass is 9.77. The number of aryl methyl sites for hydroxylation is 1. The third-order valence-electron chi connectivity index (χ3n) is 9.10. The molecule has 0 bridgehead atoms. The molecular weight excluding hydrogens is 628 g/mol. The third kappa shape index (κ3) is 6.07. The standard InChI is InChI=1S/C41H37ClN6O/c1-2-3-27-38-43-39(42)37(29-49)47(38)28-30-17-13-14-24-34(30)35-25-15-16-26-36(35)40-44-46-48(45-40)41(31-18-7-4-8-19-31,32-20-9-5-10-21-32)33-22-11-6-12-23-33/h4-26,49H,2-3,27-29H2,1H3. The molecule has 0 fully saturated rings. The summed E-state index contributed by atoms with van der Waals surface area (Å²) in [5, 5.41) is 25.3. The first-order chi connectivity index (χ1) is 24.1. The minimum atomic E-state index is -0.877. The average Bonchev–Trinajstić information content (AvgIpc) is 3.77. The Morgan fingerprint density at radius 2 is 1.20 bits per heavy atom. The number of hydrogen-bond acceptors (Lipinski definition) is 5. The molecule has 0 amide bonds. The van der Waals surface area contributed by atoms with Crippen molar-refractivity contribution in [3.63, 3.8) is 0 Å². The topological polar surface area (TPSA) is 81.7 Å². The van der Waals surface area contributed by atoms with E-state index in [0.717, 1.165) is 64.0 Å². The Morgan fingerprint density at radius 1 is 0.673 bits per heavy atom. The molecule has 244 valence electrons. The van der Waals surface area contributed by atoms with Crippen molar-refractivity contribution in [3.05, 3.63) is 178 Å². The van der Waals surface area contributed by atoms with Crippen molar-refractivity contribution in [3.8, 4) is 22.5 Å². The van der Waals surface area contributed by atoms with Gasteiger partial charge in [-0.1, -0.05) is 164 Å². The predicted octanol–water partition coefficient (Wildman–Crippen LogP) is 8.58. The Kier molecular flexibility index (Phi) is 9.46. The SMILES string of the molecule is CCCCc1nc(Cl)c(CO)n1Cc1ccccc1-c1ccccc1-c1nnn(C(c2ccccc2)(c2ccccc2)c2ccccc2)n1. The zero-order chi connectivity index (χ0) is 33.6. The van der Waals surface area contributed by atoms with Crippen LogP contribution in [0.1, 0.15) is 53.5 Å². The maximum absolute atomic E-state index is 10.2. The number of benzene rings is 5. The Bertz CT molecular complexity index is 2050. The minimum Gasteiger partial charge on any atom is -0.390 e. The monoisotopic (exact) mass is 664 g/mol. The lowest BCUT2D eigenvalue weighted by Gasteiger charge is -2.34. The summed E-state index contributed by atoms with van der Waals surface area (Å²) in [5.74, 6) is 1.39. The van der Waals surface area contributed by atoms with Gasteiger partial charge in [0.15, 0.2) is 10.7 Å². The first kappa shape index (κ1) is 32.2. The van der Waals surface area contributed by atoms with Gasteiger partial charge < -0.3 is 9.67 Å². The van der Waals surface area contributed by atoms with Gasteiger partial charge in [0, 0.05) is 18.5 Å². The summed E-state index contributed by atoms with van der Waals surface area (Å²) >= 11 is 6.51. The fourth-order valence-corrected chi connectivity index (χ4v) is 6.98. The molecule has 2 heterocycles. The van der Waals surface area contributed by atoms with Crippen LogP contribution in [-0.2, 0) is 25.1 Å². The lowest BCUT2D eigenvalue weighted by molar-refractivity contribution is 0.271. The summed E-state index contributed by atoms with van der Waals surface area (Å²) in [6.07, 6.45) is 2.81. The highest BCUT2D eigenvalue weighted by Gasteiger charge is 2.41. The molecule has 0 spiro atoms. The number of aromatic nitrogens is 6. The highest BCUT2D eigenvalue weighted by molar-refractivity contribution is 6.30. The zero-order valence-electron chi connectivity index (χ0n) is 27.3. The van der Waals surface area contributed by atoms with Crippen molar-refractivity contribution in [2.24, 2.45) is 0 Å². The van der Waals surface area contributed by atoms with E-state index in [4.69, 9.17) is 27.0 Å². The van der Waals surface area contributed by atoms with Gasteiger partial charge in [0.2, 0.25) is 5.82 Å². The van der Waals surface area contributed by atoms with Crippen LogP contribution in [0.2, 0.25) is 5.15 Å². The Hall–Kier alpha value is -5.37. The lowest BCUT2D eigenvalue weighted by Crippen LogP contribution is -2.39. The highest BCUT2D eigenvalue weighted by Crippen LogP contribution is 2.41. The van der Waals surface area contributed by atoms with Crippen molar-refractivity contribution in [1.82, 2.24) is 29.8 Å². The molecule has 49 heavy (non-hydrogen) atoms. The van der Waals surface area contributed by atoms with E-state index >= 15 is 0 Å². The number of rotatable bonds is 12. The Balaban J connectivity index is 1.37. The molecule has 0 saturated heterocycles. The quantitative estimate of drug-likeness (QED) is 0.132. The van der Waals surface area contributed by atoms with Crippen LogP contribution >= 0.6 is 11.6 Å². The number of halogens is 1. The zero-order valence-corrected chi connectivity index (χ0v) is 28.1. The van der Waals surface area contributed by atoms with E-state index in [9.17, 15) is 5.11 Å². The number of aliphatic hydroxyl groups excluding tert-OH is 1. The average molecular weight is 665 g/mol. The van der Waals surface area contributed by atoms with Gasteiger partial charge in [-0.2, -0.15) is 0 Å². The highest BCUT2D eigenvalue weighted by atomic mass is 35.5. The van der Waals surface area contributed by atoms with Gasteiger partial charge in [0.25, 0.3) is 0 Å². The number of tetrazole rings is 1. The van der Waals surface area contributed by atoms with Crippen molar-refractivity contribution < 1.29 is 5.11 Å². The summed E-state index contributed by atoms with van der Waals surface area (Å²) in [7, 11) is 0. The van der Waals surface area contributed by atoms with Crippen LogP contribution in [0.5, 0.6) is 0 Å². The van der Waals surface area contributed by atoms with Crippen LogP contribution in [0.4, 0.5) is 0 Å². The molecule has 0 unspecified atom stereocenters. The van der Waals surface area contributed by atoms with E-state index in [-0.39, 0.29) is 6.61 Å². The van der Waals surface area contributed by atoms with Crippen LogP contribution in [-0.4, -0.2) is 34.9 Å². The molecule has 0 atom stereocenters. The molecule has 7 nitrogen and oxygen atoms in total. The van der Waals surface area contributed by atoms with Crippen molar-refractivity contribution in [1.29, 1.82) is 0 Å². The van der Waals surface area contributed by atoms with Crippen LogP contribution in [0.3, 0.4) is 0 Å². The predicted molar refractivity (Wildman–Crippen MR) is 194 cm³/mol. The van der Waals surface area contributed by atoms with E-state index < -0.39 is 5.54 Å². The fraction of sp³-hybridized carbons (Fsp3) is 0.171. The molecule has 0 aliphatic heterocycles. The largest absolute Gasteiger partial charge is 0.390 e. The van der Waals surface area contributed by atoms with E-state index in [1.807, 2.05) is 84.9 Å². The normalized spacial score (nSPS) is 11.6. The van der Waals surface area contributed by atoms with Gasteiger partial charge in [-0.05, 0) is 45.0 Å². The summed E-state index contributed by atoms with van der Waals surface area (Å²) in [4.78, 5) is 6.38. The van der Waals surface area contributed by atoms with Crippen molar-refractivity contribution in [2.45, 2.75) is 44.9 Å². The van der Waals surface area contributed by atoms with Crippen molar-refractivity contribution >= 4 is 11.6 Å². The van der Waals surface area contributed by atoms with E-state index in [2.05, 4.69) is 71.1 Å².